The second kappa shape index (κ2) is 6.07. The van der Waals surface area contributed by atoms with Crippen LogP contribution in [0.25, 0.3) is 0 Å². The quantitative estimate of drug-likeness (QED) is 0.791. The van der Waals surface area contributed by atoms with Crippen LogP contribution in [0.5, 0.6) is 0 Å². The van der Waals surface area contributed by atoms with Gasteiger partial charge in [0.05, 0.1) is 12.7 Å². The fourth-order valence-electron chi connectivity index (χ4n) is 5.83. The van der Waals surface area contributed by atoms with Crippen molar-refractivity contribution >= 4 is 0 Å². The Morgan fingerprint density at radius 1 is 1.09 bits per heavy atom. The fourth-order valence-corrected chi connectivity index (χ4v) is 5.83. The van der Waals surface area contributed by atoms with Crippen molar-refractivity contribution in [3.05, 3.63) is 0 Å². The first-order valence-corrected chi connectivity index (χ1v) is 9.62. The molecule has 4 fully saturated rings. The predicted molar refractivity (Wildman–Crippen MR) is 87.6 cm³/mol. The summed E-state index contributed by atoms with van der Waals surface area (Å²) in [6.45, 7) is 9.37. The Morgan fingerprint density at radius 2 is 1.91 bits per heavy atom. The van der Waals surface area contributed by atoms with Crippen molar-refractivity contribution in [3.8, 4) is 0 Å². The molecule has 0 N–H and O–H groups in total. The van der Waals surface area contributed by atoms with Crippen LogP contribution in [0.15, 0.2) is 0 Å². The average molecular weight is 307 g/mol. The summed E-state index contributed by atoms with van der Waals surface area (Å²) in [4.78, 5) is 2.57. The molecule has 2 heterocycles. The number of likely N-dealkylation sites (tertiary alicyclic amines) is 1. The molecule has 0 radical (unpaired) electrons. The van der Waals surface area contributed by atoms with E-state index in [1.165, 1.54) is 51.6 Å². The van der Waals surface area contributed by atoms with Crippen LogP contribution >= 0.6 is 0 Å². The molecule has 2 saturated carbocycles. The molecule has 0 aromatic heterocycles. The molecule has 3 heteroatoms. The first-order chi connectivity index (χ1) is 10.6. The third kappa shape index (κ3) is 2.85. The summed E-state index contributed by atoms with van der Waals surface area (Å²) in [6, 6.07) is 0. The molecule has 4 aliphatic rings. The van der Waals surface area contributed by atoms with E-state index in [1.54, 1.807) is 0 Å². The van der Waals surface area contributed by atoms with Crippen LogP contribution in [0.1, 0.15) is 58.8 Å². The van der Waals surface area contributed by atoms with Gasteiger partial charge in [-0.1, -0.05) is 20.3 Å². The van der Waals surface area contributed by atoms with Crippen LogP contribution < -0.4 is 0 Å². The molecule has 2 aliphatic heterocycles. The summed E-state index contributed by atoms with van der Waals surface area (Å²) in [5, 5.41) is 0. The van der Waals surface area contributed by atoms with Gasteiger partial charge in [0, 0.05) is 13.0 Å². The summed E-state index contributed by atoms with van der Waals surface area (Å²) in [6.07, 6.45) is 9.99. The van der Waals surface area contributed by atoms with Crippen LogP contribution in [0.3, 0.4) is 0 Å². The monoisotopic (exact) mass is 307 g/mol. The number of rotatable bonds is 4. The normalized spacial score (nSPS) is 44.7. The highest BCUT2D eigenvalue weighted by molar-refractivity contribution is 5.02. The van der Waals surface area contributed by atoms with E-state index in [-0.39, 0.29) is 6.29 Å². The summed E-state index contributed by atoms with van der Waals surface area (Å²) in [5.74, 6) is 2.70. The van der Waals surface area contributed by atoms with E-state index in [1.807, 2.05) is 0 Å². The van der Waals surface area contributed by atoms with Crippen molar-refractivity contribution in [3.63, 3.8) is 0 Å². The summed E-state index contributed by atoms with van der Waals surface area (Å²) in [7, 11) is 0. The lowest BCUT2D eigenvalue weighted by atomic mass is 9.67. The van der Waals surface area contributed by atoms with Crippen LogP contribution in [0.4, 0.5) is 0 Å². The van der Waals surface area contributed by atoms with Crippen molar-refractivity contribution in [2.75, 3.05) is 26.2 Å². The van der Waals surface area contributed by atoms with Gasteiger partial charge in [-0.3, -0.25) is 0 Å². The fraction of sp³-hybridized carbons (Fsp3) is 1.00. The van der Waals surface area contributed by atoms with Gasteiger partial charge in [-0.15, -0.1) is 0 Å². The maximum Gasteiger partial charge on any atom is 0.158 e. The number of fused-ring (bicyclic) bond motifs is 2. The molecular formula is C19H33NO2. The zero-order valence-electron chi connectivity index (χ0n) is 14.4. The molecule has 0 unspecified atom stereocenters. The molecular weight excluding hydrogens is 274 g/mol. The average Bonchev–Trinajstić information content (AvgIpc) is 3.19. The first kappa shape index (κ1) is 15.4. The minimum absolute atomic E-state index is 0.0680. The van der Waals surface area contributed by atoms with Gasteiger partial charge in [-0.25, -0.2) is 0 Å². The number of hydrogen-bond donors (Lipinski definition) is 0. The third-order valence-electron chi connectivity index (χ3n) is 7.22. The van der Waals surface area contributed by atoms with Crippen LogP contribution in [0, 0.1) is 23.2 Å². The first-order valence-electron chi connectivity index (χ1n) is 9.62. The summed E-state index contributed by atoms with van der Waals surface area (Å²) >= 11 is 0. The van der Waals surface area contributed by atoms with Crippen LogP contribution in [-0.4, -0.2) is 43.5 Å². The molecule has 3 nitrogen and oxygen atoms in total. The number of hydrogen-bond acceptors (Lipinski definition) is 3. The van der Waals surface area contributed by atoms with Gasteiger partial charge in [0.25, 0.3) is 0 Å². The Hall–Kier alpha value is -0.120. The third-order valence-corrected chi connectivity index (χ3v) is 7.22. The predicted octanol–water partition coefficient (Wildman–Crippen LogP) is 3.68. The van der Waals surface area contributed by atoms with E-state index in [4.69, 9.17) is 9.47 Å². The van der Waals surface area contributed by atoms with E-state index in [9.17, 15) is 0 Å². The zero-order chi connectivity index (χ0) is 15.2. The molecule has 0 amide bonds. The van der Waals surface area contributed by atoms with Crippen molar-refractivity contribution in [1.29, 1.82) is 0 Å². The zero-order valence-corrected chi connectivity index (χ0v) is 14.4. The number of piperidine rings is 1. The van der Waals surface area contributed by atoms with Crippen molar-refractivity contribution < 1.29 is 9.47 Å². The lowest BCUT2D eigenvalue weighted by molar-refractivity contribution is -0.0909. The van der Waals surface area contributed by atoms with Crippen molar-refractivity contribution in [1.82, 2.24) is 4.90 Å². The molecule has 2 saturated heterocycles. The second-order valence-electron chi connectivity index (χ2n) is 8.82. The molecule has 22 heavy (non-hydrogen) atoms. The summed E-state index contributed by atoms with van der Waals surface area (Å²) in [5.41, 5.74) is 0.501. The Kier molecular flexibility index (Phi) is 4.25. The molecule has 4 rings (SSSR count). The van der Waals surface area contributed by atoms with Crippen LogP contribution in [0.2, 0.25) is 0 Å². The lowest BCUT2D eigenvalue weighted by Gasteiger charge is -2.39. The van der Waals surface area contributed by atoms with Crippen molar-refractivity contribution in [2.24, 2.45) is 23.2 Å². The highest BCUT2D eigenvalue weighted by Crippen LogP contribution is 2.60. The molecule has 0 aromatic carbocycles. The number of ether oxygens (including phenoxy) is 2. The Morgan fingerprint density at radius 3 is 2.64 bits per heavy atom. The van der Waals surface area contributed by atoms with E-state index >= 15 is 0 Å². The van der Waals surface area contributed by atoms with Gasteiger partial charge >= 0.3 is 0 Å². The molecule has 0 spiro atoms. The standard InChI is InChI=1S/C19H33NO2/c1-19(2)15-7-6-14(10-15)17(19)11-18-21-13-16(22-18)12-20-8-4-3-5-9-20/h14-18H,3-13H2,1-2H3/t14-,15+,16+,17+,18+/m1/s1. The molecule has 2 bridgehead atoms. The molecule has 0 aromatic rings. The van der Waals surface area contributed by atoms with E-state index in [2.05, 4.69) is 18.7 Å². The molecule has 126 valence electrons. The van der Waals surface area contributed by atoms with Gasteiger partial charge in [-0.05, 0) is 68.4 Å². The smallest absolute Gasteiger partial charge is 0.158 e. The van der Waals surface area contributed by atoms with E-state index in [0.29, 0.717) is 11.5 Å². The Balaban J connectivity index is 1.28. The summed E-state index contributed by atoms with van der Waals surface area (Å²) < 4.78 is 12.3. The van der Waals surface area contributed by atoms with Gasteiger partial charge in [-0.2, -0.15) is 0 Å². The minimum atomic E-state index is 0.0680. The largest absolute Gasteiger partial charge is 0.350 e. The van der Waals surface area contributed by atoms with Gasteiger partial charge < -0.3 is 14.4 Å². The van der Waals surface area contributed by atoms with Crippen molar-refractivity contribution in [2.45, 2.75) is 71.2 Å². The highest BCUT2D eigenvalue weighted by Gasteiger charge is 2.53. The maximum absolute atomic E-state index is 6.26. The number of nitrogens with zero attached hydrogens (tertiary/aromatic N) is 1. The second-order valence-corrected chi connectivity index (χ2v) is 8.82. The van der Waals surface area contributed by atoms with Gasteiger partial charge in [0.15, 0.2) is 6.29 Å². The molecule has 2 aliphatic carbocycles. The van der Waals surface area contributed by atoms with E-state index in [0.717, 1.165) is 37.3 Å². The van der Waals surface area contributed by atoms with Gasteiger partial charge in [0.1, 0.15) is 0 Å². The molecule has 5 atom stereocenters. The minimum Gasteiger partial charge on any atom is -0.350 e. The Bertz CT molecular complexity index is 391. The topological polar surface area (TPSA) is 21.7 Å². The highest BCUT2D eigenvalue weighted by atomic mass is 16.7. The SMILES string of the molecule is CC1(C)[C@H]2CC[C@H](C2)[C@@H]1C[C@H]1OC[C@H](CN2CCCCC2)O1. The lowest BCUT2D eigenvalue weighted by Crippen LogP contribution is -2.38. The van der Waals surface area contributed by atoms with Crippen LogP contribution in [-0.2, 0) is 9.47 Å². The maximum atomic E-state index is 6.26. The van der Waals surface area contributed by atoms with E-state index < -0.39 is 0 Å². The van der Waals surface area contributed by atoms with Gasteiger partial charge in [0.2, 0.25) is 0 Å². The Labute approximate surface area is 135 Å².